The predicted octanol–water partition coefficient (Wildman–Crippen LogP) is 3.77. The summed E-state index contributed by atoms with van der Waals surface area (Å²) in [6, 6.07) is 19.0. The summed E-state index contributed by atoms with van der Waals surface area (Å²) in [5.74, 6) is 0. The summed E-state index contributed by atoms with van der Waals surface area (Å²) in [6.45, 7) is 0. The molecule has 0 bridgehead atoms. The molecule has 0 spiro atoms. The van der Waals surface area contributed by atoms with Crippen molar-refractivity contribution >= 4 is 37.2 Å². The van der Waals surface area contributed by atoms with Crippen molar-refractivity contribution in [3.8, 4) is 5.69 Å². The zero-order valence-corrected chi connectivity index (χ0v) is 13.9. The first-order valence-electron chi connectivity index (χ1n) is 7.53. The maximum Gasteiger partial charge on any atom is 0.175 e. The van der Waals surface area contributed by atoms with Gasteiger partial charge in [-0.25, -0.2) is 8.42 Å². The maximum atomic E-state index is 11.7. The quantitative estimate of drug-likeness (QED) is 0.567. The van der Waals surface area contributed by atoms with Crippen LogP contribution in [0.3, 0.4) is 0 Å². The van der Waals surface area contributed by atoms with Crippen molar-refractivity contribution in [2.75, 3.05) is 12.0 Å². The van der Waals surface area contributed by atoms with E-state index in [1.807, 2.05) is 54.7 Å². The van der Waals surface area contributed by atoms with E-state index in [0.29, 0.717) is 4.90 Å². The first kappa shape index (κ1) is 14.8. The number of rotatable bonds is 2. The number of fused-ring (bicyclic) bond motifs is 3. The van der Waals surface area contributed by atoms with E-state index in [9.17, 15) is 8.42 Å². The minimum absolute atomic E-state index is 0.340. The lowest BCUT2D eigenvalue weighted by atomic mass is 10.1. The Balaban J connectivity index is 1.95. The van der Waals surface area contributed by atoms with Crippen molar-refractivity contribution in [3.63, 3.8) is 0 Å². The Kier molecular flexibility index (Phi) is 3.15. The number of nitrogens with zero attached hydrogens (tertiary/aromatic N) is 1. The smallest absolute Gasteiger partial charge is 0.175 e. The third-order valence-corrected chi connectivity index (χ3v) is 5.37. The summed E-state index contributed by atoms with van der Waals surface area (Å²) in [6.07, 6.45) is 3.24. The molecule has 2 N–H and O–H groups in total. The molecular formula is C19H16N2O2S. The van der Waals surface area contributed by atoms with Gasteiger partial charge in [-0.1, -0.05) is 12.1 Å². The number of benzene rings is 3. The second-order valence-corrected chi connectivity index (χ2v) is 7.95. The standard InChI is InChI=1S/C19H16N2O2S/c1-24(22,23)16-7-8-17-13(12-16)2-9-19-18(17)10-11-21(19)15-5-3-14(20)4-6-15/h2-12H,20H2,1H3. The van der Waals surface area contributed by atoms with Crippen molar-refractivity contribution in [1.82, 2.24) is 4.57 Å². The van der Waals surface area contributed by atoms with E-state index in [-0.39, 0.29) is 0 Å². The van der Waals surface area contributed by atoms with Gasteiger partial charge in [0.25, 0.3) is 0 Å². The van der Waals surface area contributed by atoms with E-state index in [1.54, 1.807) is 12.1 Å². The van der Waals surface area contributed by atoms with Crippen LogP contribution in [0.1, 0.15) is 0 Å². The highest BCUT2D eigenvalue weighted by Gasteiger charge is 2.11. The Morgan fingerprint density at radius 3 is 2.33 bits per heavy atom. The van der Waals surface area contributed by atoms with Crippen LogP contribution in [-0.2, 0) is 9.84 Å². The largest absolute Gasteiger partial charge is 0.399 e. The van der Waals surface area contributed by atoms with E-state index in [0.717, 1.165) is 33.1 Å². The lowest BCUT2D eigenvalue weighted by molar-refractivity contribution is 0.602. The molecule has 4 aromatic rings. The number of aromatic nitrogens is 1. The molecule has 1 aromatic heterocycles. The van der Waals surface area contributed by atoms with Gasteiger partial charge in [-0.3, -0.25) is 0 Å². The average Bonchev–Trinajstić information content (AvgIpc) is 2.98. The van der Waals surface area contributed by atoms with Crippen molar-refractivity contribution in [1.29, 1.82) is 0 Å². The van der Waals surface area contributed by atoms with Crippen molar-refractivity contribution in [2.45, 2.75) is 4.90 Å². The Labute approximate surface area is 140 Å². The summed E-state index contributed by atoms with van der Waals surface area (Å²) in [5.41, 5.74) is 8.59. The Hall–Kier alpha value is -2.79. The van der Waals surface area contributed by atoms with E-state index >= 15 is 0 Å². The Bertz CT molecular complexity index is 1170. The van der Waals surface area contributed by atoms with E-state index in [1.165, 1.54) is 6.26 Å². The monoisotopic (exact) mass is 336 g/mol. The molecule has 0 fully saturated rings. The topological polar surface area (TPSA) is 65.1 Å². The van der Waals surface area contributed by atoms with Crippen molar-refractivity contribution in [3.05, 3.63) is 66.9 Å². The summed E-state index contributed by atoms with van der Waals surface area (Å²) < 4.78 is 25.6. The fourth-order valence-corrected chi connectivity index (χ4v) is 3.68. The molecule has 0 saturated heterocycles. The fraction of sp³-hybridized carbons (Fsp3) is 0.0526. The van der Waals surface area contributed by atoms with Gasteiger partial charge < -0.3 is 10.3 Å². The zero-order chi connectivity index (χ0) is 16.9. The van der Waals surface area contributed by atoms with Gasteiger partial charge in [0.2, 0.25) is 0 Å². The molecule has 0 aliphatic heterocycles. The third-order valence-electron chi connectivity index (χ3n) is 4.26. The minimum atomic E-state index is -3.21. The molecule has 0 amide bonds. The highest BCUT2D eigenvalue weighted by molar-refractivity contribution is 7.90. The molecule has 3 aromatic carbocycles. The summed E-state index contributed by atoms with van der Waals surface area (Å²) in [5, 5.41) is 3.04. The Morgan fingerprint density at radius 2 is 1.62 bits per heavy atom. The lowest BCUT2D eigenvalue weighted by Gasteiger charge is -2.08. The van der Waals surface area contributed by atoms with Crippen LogP contribution in [0.15, 0.2) is 71.8 Å². The fourth-order valence-electron chi connectivity index (χ4n) is 3.03. The first-order chi connectivity index (χ1) is 11.4. The molecule has 24 heavy (non-hydrogen) atoms. The van der Waals surface area contributed by atoms with Crippen LogP contribution in [0.4, 0.5) is 5.69 Å². The molecule has 1 heterocycles. The normalized spacial score (nSPS) is 12.0. The third kappa shape index (κ3) is 2.34. The van der Waals surface area contributed by atoms with Gasteiger partial charge in [-0.2, -0.15) is 0 Å². The average molecular weight is 336 g/mol. The molecule has 0 radical (unpaired) electrons. The SMILES string of the molecule is CS(=O)(=O)c1ccc2c(ccc3c2ccn3-c2ccc(N)cc2)c1. The number of sulfone groups is 1. The summed E-state index contributed by atoms with van der Waals surface area (Å²) >= 11 is 0. The molecule has 4 nitrogen and oxygen atoms in total. The number of hydrogen-bond donors (Lipinski definition) is 1. The Morgan fingerprint density at radius 1 is 0.875 bits per heavy atom. The highest BCUT2D eigenvalue weighted by atomic mass is 32.2. The molecule has 0 atom stereocenters. The van der Waals surface area contributed by atoms with Gasteiger partial charge in [0.1, 0.15) is 0 Å². The lowest BCUT2D eigenvalue weighted by Crippen LogP contribution is -1.96. The minimum Gasteiger partial charge on any atom is -0.399 e. The van der Waals surface area contributed by atoms with Crippen LogP contribution in [0.5, 0.6) is 0 Å². The number of anilines is 1. The molecule has 0 aliphatic carbocycles. The van der Waals surface area contributed by atoms with Gasteiger partial charge in [-0.15, -0.1) is 0 Å². The van der Waals surface area contributed by atoms with Crippen LogP contribution in [0.2, 0.25) is 0 Å². The number of nitrogen functional groups attached to an aromatic ring is 1. The van der Waals surface area contributed by atoms with Gasteiger partial charge in [-0.05, 0) is 59.3 Å². The van der Waals surface area contributed by atoms with E-state index in [2.05, 4.69) is 4.57 Å². The van der Waals surface area contributed by atoms with Crippen molar-refractivity contribution < 1.29 is 8.42 Å². The molecule has 4 rings (SSSR count). The van der Waals surface area contributed by atoms with E-state index in [4.69, 9.17) is 5.73 Å². The van der Waals surface area contributed by atoms with Crippen LogP contribution < -0.4 is 5.73 Å². The molecular weight excluding hydrogens is 320 g/mol. The zero-order valence-electron chi connectivity index (χ0n) is 13.1. The predicted molar refractivity (Wildman–Crippen MR) is 98.3 cm³/mol. The van der Waals surface area contributed by atoms with Gasteiger partial charge in [0, 0.05) is 29.2 Å². The maximum absolute atomic E-state index is 11.7. The first-order valence-corrected chi connectivity index (χ1v) is 9.42. The second-order valence-electron chi connectivity index (χ2n) is 5.93. The molecule has 0 saturated carbocycles. The number of hydrogen-bond acceptors (Lipinski definition) is 3. The summed E-state index contributed by atoms with van der Waals surface area (Å²) in [7, 11) is -3.21. The highest BCUT2D eigenvalue weighted by Crippen LogP contribution is 2.30. The van der Waals surface area contributed by atoms with Crippen LogP contribution in [0, 0.1) is 0 Å². The van der Waals surface area contributed by atoms with Crippen LogP contribution in [0.25, 0.3) is 27.4 Å². The van der Waals surface area contributed by atoms with Crippen LogP contribution in [-0.4, -0.2) is 19.2 Å². The van der Waals surface area contributed by atoms with Gasteiger partial charge >= 0.3 is 0 Å². The molecule has 0 unspecified atom stereocenters. The number of nitrogens with two attached hydrogens (primary N) is 1. The van der Waals surface area contributed by atoms with Gasteiger partial charge in [0.15, 0.2) is 9.84 Å². The van der Waals surface area contributed by atoms with E-state index < -0.39 is 9.84 Å². The van der Waals surface area contributed by atoms with Gasteiger partial charge in [0.05, 0.1) is 10.4 Å². The molecule has 0 aliphatic rings. The van der Waals surface area contributed by atoms with Crippen LogP contribution >= 0.6 is 0 Å². The molecule has 120 valence electrons. The molecule has 5 heteroatoms. The second kappa shape index (κ2) is 5.11. The van der Waals surface area contributed by atoms with Crippen molar-refractivity contribution in [2.24, 2.45) is 0 Å². The summed E-state index contributed by atoms with van der Waals surface area (Å²) in [4.78, 5) is 0.340.